The summed E-state index contributed by atoms with van der Waals surface area (Å²) in [5.41, 5.74) is 7.08. The predicted molar refractivity (Wildman–Crippen MR) is 77.6 cm³/mol. The van der Waals surface area contributed by atoms with Crippen molar-refractivity contribution in [3.05, 3.63) is 28.8 Å². The summed E-state index contributed by atoms with van der Waals surface area (Å²) >= 11 is 6.19. The van der Waals surface area contributed by atoms with E-state index in [9.17, 15) is 0 Å². The highest BCUT2D eigenvalue weighted by molar-refractivity contribution is 6.32. The molecular formula is C15H22ClNO2. The number of hydrogen-bond acceptors (Lipinski definition) is 3. The molecule has 2 N–H and O–H groups in total. The Kier molecular flexibility index (Phi) is 5.49. The minimum Gasteiger partial charge on any atom is -0.466 e. The molecule has 1 fully saturated rings. The Hall–Kier alpha value is -0.770. The minimum absolute atomic E-state index is 0.185. The van der Waals surface area contributed by atoms with Crippen LogP contribution in [0.1, 0.15) is 31.7 Å². The lowest BCUT2D eigenvalue weighted by atomic mass is 10.0. The van der Waals surface area contributed by atoms with Gasteiger partial charge in [0.2, 0.25) is 0 Å². The van der Waals surface area contributed by atoms with Gasteiger partial charge in [-0.3, -0.25) is 0 Å². The molecule has 1 aromatic carbocycles. The van der Waals surface area contributed by atoms with E-state index in [1.54, 1.807) is 0 Å². The molecule has 1 aliphatic rings. The molecule has 0 amide bonds. The number of nitrogens with two attached hydrogens (primary N) is 1. The quantitative estimate of drug-likeness (QED) is 0.587. The number of ether oxygens (including phenoxy) is 2. The first-order chi connectivity index (χ1) is 9.19. The van der Waals surface area contributed by atoms with Crippen LogP contribution in [0.3, 0.4) is 0 Å². The molecule has 4 heteroatoms. The highest BCUT2D eigenvalue weighted by Gasteiger charge is 2.21. The van der Waals surface area contributed by atoms with Crippen LogP contribution in [0, 0.1) is 5.92 Å². The Balaban J connectivity index is 1.79. The molecule has 0 saturated heterocycles. The van der Waals surface area contributed by atoms with Crippen LogP contribution in [0.2, 0.25) is 5.02 Å². The summed E-state index contributed by atoms with van der Waals surface area (Å²) in [6.45, 7) is 3.14. The normalized spacial score (nSPS) is 16.4. The molecule has 1 saturated carbocycles. The van der Waals surface area contributed by atoms with Gasteiger partial charge in [-0.15, -0.1) is 0 Å². The van der Waals surface area contributed by atoms with Crippen molar-refractivity contribution in [3.63, 3.8) is 0 Å². The van der Waals surface area contributed by atoms with E-state index < -0.39 is 0 Å². The van der Waals surface area contributed by atoms with Gasteiger partial charge < -0.3 is 15.2 Å². The monoisotopic (exact) mass is 283 g/mol. The van der Waals surface area contributed by atoms with Gasteiger partial charge in [0, 0.05) is 6.04 Å². The first kappa shape index (κ1) is 14.6. The van der Waals surface area contributed by atoms with Crippen molar-refractivity contribution in [1.82, 2.24) is 0 Å². The molecular weight excluding hydrogens is 262 g/mol. The third-order valence-electron chi connectivity index (χ3n) is 3.37. The fraction of sp³-hybridized carbons (Fsp3) is 0.600. The van der Waals surface area contributed by atoms with Crippen molar-refractivity contribution in [1.29, 1.82) is 0 Å². The van der Waals surface area contributed by atoms with E-state index >= 15 is 0 Å². The van der Waals surface area contributed by atoms with Crippen LogP contribution in [0.25, 0.3) is 0 Å². The lowest BCUT2D eigenvalue weighted by Gasteiger charge is -2.12. The predicted octanol–water partition coefficient (Wildman–Crippen LogP) is 3.38. The van der Waals surface area contributed by atoms with Crippen LogP contribution < -0.4 is 10.5 Å². The molecule has 0 radical (unpaired) electrons. The van der Waals surface area contributed by atoms with Crippen LogP contribution in [0.15, 0.2) is 18.2 Å². The Morgan fingerprint density at radius 1 is 1.42 bits per heavy atom. The second kappa shape index (κ2) is 7.13. The molecule has 0 aromatic heterocycles. The zero-order valence-electron chi connectivity index (χ0n) is 11.4. The number of hydrogen-bond donors (Lipinski definition) is 1. The van der Waals surface area contributed by atoms with Crippen molar-refractivity contribution in [3.8, 4) is 5.75 Å². The molecule has 1 atom stereocenters. The second-order valence-corrected chi connectivity index (χ2v) is 5.62. The number of halogens is 1. The van der Waals surface area contributed by atoms with Gasteiger partial charge in [-0.25, -0.2) is 0 Å². The Labute approximate surface area is 120 Å². The Morgan fingerprint density at radius 2 is 2.21 bits per heavy atom. The first-order valence-corrected chi connectivity index (χ1v) is 7.31. The van der Waals surface area contributed by atoms with Crippen LogP contribution in [-0.4, -0.2) is 19.4 Å². The van der Waals surface area contributed by atoms with E-state index in [-0.39, 0.29) is 12.8 Å². The van der Waals surface area contributed by atoms with Gasteiger partial charge >= 0.3 is 0 Å². The SMILES string of the molecule is CCC(N)Cc1ccc(OCOCC2CC2)c(Cl)c1. The molecule has 3 nitrogen and oxygen atoms in total. The van der Waals surface area contributed by atoms with Crippen molar-refractivity contribution in [2.75, 3.05) is 13.4 Å². The van der Waals surface area contributed by atoms with Crippen molar-refractivity contribution in [2.45, 2.75) is 38.6 Å². The zero-order chi connectivity index (χ0) is 13.7. The maximum Gasteiger partial charge on any atom is 0.189 e. The summed E-state index contributed by atoms with van der Waals surface area (Å²) in [6, 6.07) is 6.01. The fourth-order valence-electron chi connectivity index (χ4n) is 1.84. The summed E-state index contributed by atoms with van der Waals surface area (Å²) in [7, 11) is 0. The van der Waals surface area contributed by atoms with Gasteiger partial charge in [0.25, 0.3) is 0 Å². The number of rotatable bonds is 8. The third kappa shape index (κ3) is 5.01. The standard InChI is InChI=1S/C15H22ClNO2/c1-2-13(17)7-12-5-6-15(14(16)8-12)19-10-18-9-11-3-4-11/h5-6,8,11,13H,2-4,7,9-10,17H2,1H3. The van der Waals surface area contributed by atoms with Gasteiger partial charge in [-0.1, -0.05) is 24.6 Å². The molecule has 106 valence electrons. The molecule has 0 heterocycles. The van der Waals surface area contributed by atoms with E-state index in [4.69, 9.17) is 26.8 Å². The molecule has 1 aromatic rings. The third-order valence-corrected chi connectivity index (χ3v) is 3.66. The Bertz CT molecular complexity index is 407. The van der Waals surface area contributed by atoms with E-state index in [0.717, 1.165) is 30.9 Å². The molecule has 0 aliphatic heterocycles. The fourth-order valence-corrected chi connectivity index (χ4v) is 2.10. The average Bonchev–Trinajstić information content (AvgIpc) is 3.20. The molecule has 19 heavy (non-hydrogen) atoms. The highest BCUT2D eigenvalue weighted by atomic mass is 35.5. The lowest BCUT2D eigenvalue weighted by molar-refractivity contribution is 0.0100. The van der Waals surface area contributed by atoms with Gasteiger partial charge in [0.1, 0.15) is 5.75 Å². The van der Waals surface area contributed by atoms with Crippen molar-refractivity contribution in [2.24, 2.45) is 11.7 Å². The highest BCUT2D eigenvalue weighted by Crippen LogP contribution is 2.29. The maximum absolute atomic E-state index is 6.19. The molecule has 0 bridgehead atoms. The summed E-state index contributed by atoms with van der Waals surface area (Å²) in [5.74, 6) is 1.42. The van der Waals surface area contributed by atoms with Crippen LogP contribution >= 0.6 is 11.6 Å². The Morgan fingerprint density at radius 3 is 2.84 bits per heavy atom. The second-order valence-electron chi connectivity index (χ2n) is 5.21. The van der Waals surface area contributed by atoms with Crippen molar-refractivity contribution < 1.29 is 9.47 Å². The molecule has 1 aliphatic carbocycles. The van der Waals surface area contributed by atoms with E-state index in [2.05, 4.69) is 6.92 Å². The topological polar surface area (TPSA) is 44.5 Å². The summed E-state index contributed by atoms with van der Waals surface area (Å²) < 4.78 is 10.9. The van der Waals surface area contributed by atoms with Crippen LogP contribution in [0.4, 0.5) is 0 Å². The molecule has 2 rings (SSSR count). The van der Waals surface area contributed by atoms with Gasteiger partial charge in [0.15, 0.2) is 6.79 Å². The summed E-state index contributed by atoms with van der Waals surface area (Å²) in [5, 5.41) is 0.621. The van der Waals surface area contributed by atoms with Crippen molar-refractivity contribution >= 4 is 11.6 Å². The average molecular weight is 284 g/mol. The van der Waals surface area contributed by atoms with E-state index in [0.29, 0.717) is 10.8 Å². The summed E-state index contributed by atoms with van der Waals surface area (Å²) in [4.78, 5) is 0. The summed E-state index contributed by atoms with van der Waals surface area (Å²) in [6.07, 6.45) is 4.37. The zero-order valence-corrected chi connectivity index (χ0v) is 12.2. The van der Waals surface area contributed by atoms with Gasteiger partial charge in [-0.2, -0.15) is 0 Å². The maximum atomic E-state index is 6.19. The van der Waals surface area contributed by atoms with Crippen LogP contribution in [0.5, 0.6) is 5.75 Å². The van der Waals surface area contributed by atoms with Crippen LogP contribution in [-0.2, 0) is 11.2 Å². The lowest BCUT2D eigenvalue weighted by Crippen LogP contribution is -2.21. The number of benzene rings is 1. The smallest absolute Gasteiger partial charge is 0.189 e. The largest absolute Gasteiger partial charge is 0.466 e. The van der Waals surface area contributed by atoms with E-state index in [1.807, 2.05) is 18.2 Å². The van der Waals surface area contributed by atoms with Gasteiger partial charge in [0.05, 0.1) is 11.6 Å². The van der Waals surface area contributed by atoms with E-state index in [1.165, 1.54) is 12.8 Å². The molecule has 0 spiro atoms. The first-order valence-electron chi connectivity index (χ1n) is 6.93. The van der Waals surface area contributed by atoms with Gasteiger partial charge in [-0.05, 0) is 49.3 Å². The molecule has 1 unspecified atom stereocenters. The minimum atomic E-state index is 0.185.